The first-order valence-electron chi connectivity index (χ1n) is 5.19. The molecule has 0 bridgehead atoms. The highest BCUT2D eigenvalue weighted by Crippen LogP contribution is 2.25. The van der Waals surface area contributed by atoms with Crippen LogP contribution < -0.4 is 4.90 Å². The van der Waals surface area contributed by atoms with Crippen LogP contribution in [0.4, 0.5) is 5.69 Å². The van der Waals surface area contributed by atoms with Crippen molar-refractivity contribution in [1.82, 2.24) is 4.98 Å². The Kier molecular flexibility index (Phi) is 3.23. The van der Waals surface area contributed by atoms with Crippen LogP contribution in [0.5, 0.6) is 0 Å². The number of H-pyrrole nitrogens is 1. The van der Waals surface area contributed by atoms with Gasteiger partial charge in [-0.25, -0.2) is 0 Å². The van der Waals surface area contributed by atoms with Crippen molar-refractivity contribution in [2.75, 3.05) is 18.6 Å². The van der Waals surface area contributed by atoms with Crippen molar-refractivity contribution in [2.24, 2.45) is 5.92 Å². The molecule has 0 spiro atoms. The highest BCUT2D eigenvalue weighted by atomic mass is 32.1. The van der Waals surface area contributed by atoms with Gasteiger partial charge in [-0.1, -0.05) is 12.2 Å². The van der Waals surface area contributed by atoms with E-state index in [2.05, 4.69) is 9.72 Å². The molecule has 0 aromatic carbocycles. The SMILES string of the molecule is COC(=O)C1CC(=O)N(c2ccc[nH]c2=S)C1. The highest BCUT2D eigenvalue weighted by molar-refractivity contribution is 7.71. The number of methoxy groups -OCH3 is 1. The van der Waals surface area contributed by atoms with Gasteiger partial charge < -0.3 is 14.6 Å². The second-order valence-electron chi connectivity index (χ2n) is 3.81. The number of aromatic amines is 1. The number of hydrogen-bond donors (Lipinski definition) is 1. The maximum Gasteiger partial charge on any atom is 0.311 e. The minimum atomic E-state index is -0.401. The Bertz CT molecular complexity index is 511. The number of ether oxygens (including phenoxy) is 1. The number of nitrogens with zero attached hydrogens (tertiary/aromatic N) is 1. The molecular weight excluding hydrogens is 240 g/mol. The van der Waals surface area contributed by atoms with Gasteiger partial charge in [-0.15, -0.1) is 0 Å². The summed E-state index contributed by atoms with van der Waals surface area (Å²) >= 11 is 5.11. The fraction of sp³-hybridized carbons (Fsp3) is 0.364. The third-order valence-electron chi connectivity index (χ3n) is 2.75. The quantitative estimate of drug-likeness (QED) is 0.636. The zero-order valence-electron chi connectivity index (χ0n) is 9.30. The van der Waals surface area contributed by atoms with E-state index < -0.39 is 5.92 Å². The summed E-state index contributed by atoms with van der Waals surface area (Å²) in [4.78, 5) is 27.6. The summed E-state index contributed by atoms with van der Waals surface area (Å²) in [5.74, 6) is -0.861. The average Bonchev–Trinajstić information content (AvgIpc) is 2.71. The van der Waals surface area contributed by atoms with Gasteiger partial charge in [0.25, 0.3) is 0 Å². The lowest BCUT2D eigenvalue weighted by Gasteiger charge is -2.15. The number of amides is 1. The Morgan fingerprint density at radius 1 is 1.65 bits per heavy atom. The molecule has 1 saturated heterocycles. The molecule has 1 unspecified atom stereocenters. The van der Waals surface area contributed by atoms with E-state index in [0.29, 0.717) is 16.9 Å². The van der Waals surface area contributed by atoms with Crippen LogP contribution in [0, 0.1) is 10.6 Å². The number of hydrogen-bond acceptors (Lipinski definition) is 4. The molecule has 6 heteroatoms. The molecule has 1 aromatic rings. The standard InChI is InChI=1S/C11H12N2O3S/c1-16-11(15)7-5-9(14)13(6-7)8-3-2-4-12-10(8)17/h2-4,7H,5-6H2,1H3,(H,12,17). The molecule has 1 fully saturated rings. The van der Waals surface area contributed by atoms with E-state index in [-0.39, 0.29) is 18.3 Å². The van der Waals surface area contributed by atoms with Gasteiger partial charge in [0.05, 0.1) is 18.7 Å². The molecule has 2 heterocycles. The van der Waals surface area contributed by atoms with Crippen LogP contribution in [-0.4, -0.2) is 30.5 Å². The van der Waals surface area contributed by atoms with Gasteiger partial charge in [-0.2, -0.15) is 0 Å². The molecule has 1 aliphatic heterocycles. The van der Waals surface area contributed by atoms with Crippen molar-refractivity contribution in [2.45, 2.75) is 6.42 Å². The minimum Gasteiger partial charge on any atom is -0.469 e. The maximum atomic E-state index is 11.8. The maximum absolute atomic E-state index is 11.8. The predicted molar refractivity (Wildman–Crippen MR) is 64.1 cm³/mol. The zero-order valence-corrected chi connectivity index (χ0v) is 10.1. The number of carbonyl (C=O) groups is 2. The van der Waals surface area contributed by atoms with Crippen LogP contribution in [0.2, 0.25) is 0 Å². The van der Waals surface area contributed by atoms with Gasteiger partial charge in [-0.3, -0.25) is 9.59 Å². The second kappa shape index (κ2) is 4.67. The van der Waals surface area contributed by atoms with E-state index in [1.165, 1.54) is 12.0 Å². The zero-order chi connectivity index (χ0) is 12.4. The fourth-order valence-electron chi connectivity index (χ4n) is 1.89. The largest absolute Gasteiger partial charge is 0.469 e. The topological polar surface area (TPSA) is 62.4 Å². The Balaban J connectivity index is 2.25. The number of carbonyl (C=O) groups excluding carboxylic acids is 2. The van der Waals surface area contributed by atoms with E-state index in [0.717, 1.165) is 0 Å². The number of esters is 1. The Labute approximate surface area is 103 Å². The van der Waals surface area contributed by atoms with Crippen molar-refractivity contribution in [1.29, 1.82) is 0 Å². The normalized spacial score (nSPS) is 19.5. The molecule has 0 saturated carbocycles. The summed E-state index contributed by atoms with van der Waals surface area (Å²) in [6.45, 7) is 0.326. The number of nitrogens with one attached hydrogen (secondary N) is 1. The van der Waals surface area contributed by atoms with Gasteiger partial charge in [0.15, 0.2) is 0 Å². The third kappa shape index (κ3) is 2.21. The monoisotopic (exact) mass is 252 g/mol. The lowest BCUT2D eigenvalue weighted by Crippen LogP contribution is -2.26. The first-order valence-corrected chi connectivity index (χ1v) is 5.60. The number of pyridine rings is 1. The molecule has 1 aliphatic rings. The number of anilines is 1. The summed E-state index contributed by atoms with van der Waals surface area (Å²) in [5, 5.41) is 0. The Morgan fingerprint density at radius 2 is 2.41 bits per heavy atom. The van der Waals surface area contributed by atoms with Gasteiger partial charge in [0.2, 0.25) is 5.91 Å². The van der Waals surface area contributed by atoms with Crippen LogP contribution in [0.3, 0.4) is 0 Å². The lowest BCUT2D eigenvalue weighted by molar-refractivity contribution is -0.145. The highest BCUT2D eigenvalue weighted by Gasteiger charge is 2.36. The first-order chi connectivity index (χ1) is 8.13. The molecule has 90 valence electrons. The van der Waals surface area contributed by atoms with Crippen LogP contribution >= 0.6 is 12.2 Å². The Morgan fingerprint density at radius 3 is 3.06 bits per heavy atom. The van der Waals surface area contributed by atoms with Crippen LogP contribution in [0.15, 0.2) is 18.3 Å². The van der Waals surface area contributed by atoms with Crippen molar-refractivity contribution >= 4 is 29.8 Å². The van der Waals surface area contributed by atoms with Crippen LogP contribution in [-0.2, 0) is 14.3 Å². The first kappa shape index (κ1) is 11.8. The summed E-state index contributed by atoms with van der Waals surface area (Å²) in [5.41, 5.74) is 0.638. The number of rotatable bonds is 2. The van der Waals surface area contributed by atoms with Crippen molar-refractivity contribution < 1.29 is 14.3 Å². The van der Waals surface area contributed by atoms with Crippen molar-refractivity contribution in [3.05, 3.63) is 23.0 Å². The third-order valence-corrected chi connectivity index (χ3v) is 3.07. The smallest absolute Gasteiger partial charge is 0.311 e. The molecule has 2 rings (SSSR count). The van der Waals surface area contributed by atoms with Gasteiger partial charge in [-0.05, 0) is 12.1 Å². The predicted octanol–water partition coefficient (Wildman–Crippen LogP) is 1.27. The van der Waals surface area contributed by atoms with E-state index in [1.807, 2.05) is 0 Å². The molecule has 1 N–H and O–H groups in total. The summed E-state index contributed by atoms with van der Waals surface area (Å²) in [6.07, 6.45) is 1.88. The van der Waals surface area contributed by atoms with Gasteiger partial charge in [0.1, 0.15) is 4.64 Å². The van der Waals surface area contributed by atoms with Crippen molar-refractivity contribution in [3.63, 3.8) is 0 Å². The van der Waals surface area contributed by atoms with Gasteiger partial charge in [0, 0.05) is 19.2 Å². The van der Waals surface area contributed by atoms with E-state index in [9.17, 15) is 9.59 Å². The van der Waals surface area contributed by atoms with Crippen LogP contribution in [0.1, 0.15) is 6.42 Å². The second-order valence-corrected chi connectivity index (χ2v) is 4.22. The fourth-order valence-corrected chi connectivity index (χ4v) is 2.14. The van der Waals surface area contributed by atoms with E-state index >= 15 is 0 Å². The molecule has 17 heavy (non-hydrogen) atoms. The molecule has 1 amide bonds. The molecule has 5 nitrogen and oxygen atoms in total. The molecule has 1 atom stereocenters. The molecule has 1 aromatic heterocycles. The lowest BCUT2D eigenvalue weighted by atomic mass is 10.1. The number of aromatic nitrogens is 1. The summed E-state index contributed by atoms with van der Waals surface area (Å²) in [7, 11) is 1.32. The van der Waals surface area contributed by atoms with Crippen LogP contribution in [0.25, 0.3) is 0 Å². The molecule has 0 radical (unpaired) electrons. The summed E-state index contributed by atoms with van der Waals surface area (Å²) < 4.78 is 5.14. The van der Waals surface area contributed by atoms with E-state index in [1.54, 1.807) is 18.3 Å². The molecule has 0 aliphatic carbocycles. The summed E-state index contributed by atoms with van der Waals surface area (Å²) in [6, 6.07) is 3.53. The van der Waals surface area contributed by atoms with Gasteiger partial charge >= 0.3 is 5.97 Å². The molecular formula is C11H12N2O3S. The minimum absolute atomic E-state index is 0.105. The van der Waals surface area contributed by atoms with E-state index in [4.69, 9.17) is 12.2 Å². The Hall–Kier alpha value is -1.69. The van der Waals surface area contributed by atoms with Crippen molar-refractivity contribution in [3.8, 4) is 0 Å². The average molecular weight is 252 g/mol.